The smallest absolute Gasteiger partial charge is 0.390 e. The molecule has 0 heterocycles. The second-order valence-electron chi connectivity index (χ2n) is 3.29. The van der Waals surface area contributed by atoms with E-state index in [1.165, 1.54) is 18.2 Å². The van der Waals surface area contributed by atoms with Gasteiger partial charge in [0.15, 0.2) is 0 Å². The number of halogens is 4. The molecule has 1 aromatic rings. The van der Waals surface area contributed by atoms with Crippen LogP contribution >= 0.6 is 11.6 Å². The van der Waals surface area contributed by atoms with Crippen molar-refractivity contribution in [3.8, 4) is 5.75 Å². The Morgan fingerprint density at radius 1 is 1.41 bits per heavy atom. The van der Waals surface area contributed by atoms with Crippen molar-refractivity contribution < 1.29 is 23.1 Å². The first kappa shape index (κ1) is 13.6. The zero-order chi connectivity index (χ0) is 13.1. The fourth-order valence-electron chi connectivity index (χ4n) is 1.07. The van der Waals surface area contributed by atoms with Gasteiger partial charge in [0, 0.05) is 12.1 Å². The fourth-order valence-corrected chi connectivity index (χ4v) is 1.25. The Balaban J connectivity index is 2.56. The second kappa shape index (κ2) is 5.27. The molecule has 0 atom stereocenters. The van der Waals surface area contributed by atoms with Crippen LogP contribution in [0.5, 0.6) is 5.75 Å². The highest BCUT2D eigenvalue weighted by molar-refractivity contribution is 6.32. The first-order valence-electron chi connectivity index (χ1n) is 4.63. The molecular weight excluding hydrogens is 259 g/mol. The Hall–Kier alpha value is -1.43. The van der Waals surface area contributed by atoms with Crippen LogP contribution in [0.25, 0.3) is 0 Å². The van der Waals surface area contributed by atoms with Crippen LogP contribution in [0, 0.1) is 0 Å². The summed E-state index contributed by atoms with van der Waals surface area (Å²) < 4.78 is 35.5. The molecule has 0 aliphatic carbocycles. The van der Waals surface area contributed by atoms with Gasteiger partial charge in [-0.15, -0.1) is 0 Å². The molecule has 0 unspecified atom stereocenters. The van der Waals surface area contributed by atoms with Crippen LogP contribution in [-0.4, -0.2) is 23.7 Å². The lowest BCUT2D eigenvalue weighted by Crippen LogP contribution is -2.27. The van der Waals surface area contributed by atoms with Crippen LogP contribution < -0.4 is 5.32 Å². The molecule has 0 radical (unpaired) electrons. The maximum Gasteiger partial charge on any atom is 0.390 e. The van der Waals surface area contributed by atoms with Gasteiger partial charge < -0.3 is 10.4 Å². The first-order valence-corrected chi connectivity index (χ1v) is 5.01. The molecule has 0 spiro atoms. The molecule has 2 N–H and O–H groups in total. The van der Waals surface area contributed by atoms with E-state index >= 15 is 0 Å². The van der Waals surface area contributed by atoms with E-state index in [1.807, 2.05) is 0 Å². The Labute approximate surface area is 100 Å². The first-order chi connectivity index (χ1) is 7.79. The molecule has 0 bridgehead atoms. The maximum atomic E-state index is 11.8. The van der Waals surface area contributed by atoms with E-state index < -0.39 is 25.0 Å². The van der Waals surface area contributed by atoms with E-state index in [0.29, 0.717) is 0 Å². The van der Waals surface area contributed by atoms with Gasteiger partial charge in [-0.1, -0.05) is 11.6 Å². The largest absolute Gasteiger partial charge is 0.506 e. The predicted molar refractivity (Wildman–Crippen MR) is 56.1 cm³/mol. The summed E-state index contributed by atoms with van der Waals surface area (Å²) in [6, 6.07) is 3.64. The molecule has 0 saturated carbocycles. The summed E-state index contributed by atoms with van der Waals surface area (Å²) in [5.74, 6) is -0.866. The maximum absolute atomic E-state index is 11.8. The predicted octanol–water partition coefficient (Wildman–Crippen LogP) is 2.73. The Bertz CT molecular complexity index is 421. The Morgan fingerprint density at radius 2 is 2.06 bits per heavy atom. The van der Waals surface area contributed by atoms with Gasteiger partial charge in [0.2, 0.25) is 0 Å². The number of carbonyl (C=O) groups excluding carboxylic acids is 1. The molecule has 1 rings (SSSR count). The number of alkyl halides is 3. The van der Waals surface area contributed by atoms with Gasteiger partial charge in [-0.2, -0.15) is 13.2 Å². The van der Waals surface area contributed by atoms with Crippen molar-refractivity contribution >= 4 is 17.5 Å². The summed E-state index contributed by atoms with van der Waals surface area (Å²) >= 11 is 5.55. The quantitative estimate of drug-likeness (QED) is 0.885. The Kier molecular flexibility index (Phi) is 4.22. The van der Waals surface area contributed by atoms with Crippen molar-refractivity contribution in [2.45, 2.75) is 12.6 Å². The van der Waals surface area contributed by atoms with Crippen LogP contribution in [-0.2, 0) is 0 Å². The number of rotatable bonds is 3. The standard InChI is InChI=1S/C10H9ClF3NO2/c11-7-5-6(1-2-8(7)16)9(17)15-4-3-10(12,13)14/h1-2,5,16H,3-4H2,(H,15,17). The van der Waals surface area contributed by atoms with Gasteiger partial charge in [0.1, 0.15) is 5.75 Å². The monoisotopic (exact) mass is 267 g/mol. The van der Waals surface area contributed by atoms with Crippen LogP contribution in [0.1, 0.15) is 16.8 Å². The number of phenolic OH excluding ortho intramolecular Hbond substituents is 1. The van der Waals surface area contributed by atoms with E-state index in [1.54, 1.807) is 0 Å². The SMILES string of the molecule is O=C(NCCC(F)(F)F)c1ccc(O)c(Cl)c1. The molecule has 0 aliphatic rings. The third-order valence-corrected chi connectivity index (χ3v) is 2.21. The number of nitrogens with one attached hydrogen (secondary N) is 1. The van der Waals surface area contributed by atoms with Gasteiger partial charge >= 0.3 is 6.18 Å². The van der Waals surface area contributed by atoms with E-state index in [-0.39, 0.29) is 16.3 Å². The number of benzene rings is 1. The third kappa shape index (κ3) is 4.52. The third-order valence-electron chi connectivity index (χ3n) is 1.90. The van der Waals surface area contributed by atoms with Crippen molar-refractivity contribution in [3.63, 3.8) is 0 Å². The molecule has 3 nitrogen and oxygen atoms in total. The summed E-state index contributed by atoms with van der Waals surface area (Å²) in [6.07, 6.45) is -5.40. The lowest BCUT2D eigenvalue weighted by atomic mass is 10.2. The van der Waals surface area contributed by atoms with Gasteiger partial charge in [0.05, 0.1) is 11.4 Å². The zero-order valence-electron chi connectivity index (χ0n) is 8.51. The van der Waals surface area contributed by atoms with Gasteiger partial charge in [-0.25, -0.2) is 0 Å². The summed E-state index contributed by atoms with van der Waals surface area (Å²) in [7, 11) is 0. The minimum absolute atomic E-state index is 0.0338. The summed E-state index contributed by atoms with van der Waals surface area (Å²) in [4.78, 5) is 11.4. The topological polar surface area (TPSA) is 49.3 Å². The van der Waals surface area contributed by atoms with Crippen LogP contribution in [0.15, 0.2) is 18.2 Å². The normalized spacial score (nSPS) is 11.3. The average molecular weight is 268 g/mol. The molecule has 0 aromatic heterocycles. The van der Waals surface area contributed by atoms with Crippen LogP contribution in [0.3, 0.4) is 0 Å². The molecule has 0 fully saturated rings. The van der Waals surface area contributed by atoms with Crippen molar-refractivity contribution in [1.82, 2.24) is 5.32 Å². The molecule has 1 amide bonds. The van der Waals surface area contributed by atoms with Crippen molar-refractivity contribution in [2.24, 2.45) is 0 Å². The minimum atomic E-state index is -4.31. The van der Waals surface area contributed by atoms with E-state index in [9.17, 15) is 18.0 Å². The molecule has 0 aliphatic heterocycles. The summed E-state index contributed by atoms with van der Waals surface area (Å²) in [6.45, 7) is -0.499. The lowest BCUT2D eigenvalue weighted by Gasteiger charge is -2.08. The van der Waals surface area contributed by atoms with Gasteiger partial charge in [-0.05, 0) is 18.2 Å². The molecule has 1 aromatic carbocycles. The highest BCUT2D eigenvalue weighted by atomic mass is 35.5. The highest BCUT2D eigenvalue weighted by Gasteiger charge is 2.26. The Morgan fingerprint density at radius 3 is 2.59 bits per heavy atom. The highest BCUT2D eigenvalue weighted by Crippen LogP contribution is 2.23. The molecule has 17 heavy (non-hydrogen) atoms. The number of hydrogen-bond donors (Lipinski definition) is 2. The molecule has 7 heteroatoms. The second-order valence-corrected chi connectivity index (χ2v) is 3.69. The van der Waals surface area contributed by atoms with E-state index in [0.717, 1.165) is 0 Å². The number of amides is 1. The molecule has 0 saturated heterocycles. The number of aromatic hydroxyl groups is 1. The molecular formula is C10H9ClF3NO2. The zero-order valence-corrected chi connectivity index (χ0v) is 9.27. The summed E-state index contributed by atoms with van der Waals surface area (Å²) in [5, 5.41) is 11.2. The van der Waals surface area contributed by atoms with Crippen LogP contribution in [0.4, 0.5) is 13.2 Å². The minimum Gasteiger partial charge on any atom is -0.506 e. The summed E-state index contributed by atoms with van der Waals surface area (Å²) in [5.41, 5.74) is 0.0926. The van der Waals surface area contributed by atoms with Crippen molar-refractivity contribution in [3.05, 3.63) is 28.8 Å². The fraction of sp³-hybridized carbons (Fsp3) is 0.300. The van der Waals surface area contributed by atoms with E-state index in [4.69, 9.17) is 16.7 Å². The van der Waals surface area contributed by atoms with Crippen LogP contribution in [0.2, 0.25) is 5.02 Å². The van der Waals surface area contributed by atoms with E-state index in [2.05, 4.69) is 5.32 Å². The molecule has 94 valence electrons. The lowest BCUT2D eigenvalue weighted by molar-refractivity contribution is -0.132. The van der Waals surface area contributed by atoms with Crippen molar-refractivity contribution in [2.75, 3.05) is 6.54 Å². The van der Waals surface area contributed by atoms with Gasteiger partial charge in [-0.3, -0.25) is 4.79 Å². The number of hydrogen-bond acceptors (Lipinski definition) is 2. The van der Waals surface area contributed by atoms with Gasteiger partial charge in [0.25, 0.3) is 5.91 Å². The number of carbonyl (C=O) groups is 1. The average Bonchev–Trinajstić information content (AvgIpc) is 2.20. The van der Waals surface area contributed by atoms with Crippen molar-refractivity contribution in [1.29, 1.82) is 0 Å². The number of phenols is 1.